The first-order chi connectivity index (χ1) is 13.0. The van der Waals surface area contributed by atoms with Gasteiger partial charge in [-0.1, -0.05) is 28.6 Å². The van der Waals surface area contributed by atoms with Crippen LogP contribution in [0.2, 0.25) is 0 Å². The third kappa shape index (κ3) is 3.41. The zero-order valence-electron chi connectivity index (χ0n) is 15.9. The van der Waals surface area contributed by atoms with E-state index in [-0.39, 0.29) is 31.2 Å². The number of ether oxygens (including phenoxy) is 3. The van der Waals surface area contributed by atoms with E-state index in [1.54, 1.807) is 26.0 Å². The Labute approximate surface area is 171 Å². The lowest BCUT2D eigenvalue weighted by molar-refractivity contribution is -0.155. The van der Waals surface area contributed by atoms with Gasteiger partial charge in [-0.05, 0) is 26.8 Å². The maximum Gasteiger partial charge on any atom is 0.333 e. The minimum absolute atomic E-state index is 0.0339. The van der Waals surface area contributed by atoms with Gasteiger partial charge in [0.05, 0.1) is 24.5 Å². The number of likely N-dealkylation sites (tertiary alicyclic amines) is 1. The average molecular weight is 456 g/mol. The van der Waals surface area contributed by atoms with Crippen LogP contribution in [0.15, 0.2) is 24.3 Å². The second kappa shape index (κ2) is 7.11. The number of amides is 2. The minimum Gasteiger partial charge on any atom is -0.463 e. The lowest BCUT2D eigenvalue weighted by Gasteiger charge is -2.28. The number of hydrogen-bond donors (Lipinski definition) is 0. The fraction of sp³-hybridized carbons (Fsp3) is 0.579. The molecule has 9 heteroatoms. The van der Waals surface area contributed by atoms with E-state index in [1.807, 2.05) is 0 Å². The molecule has 8 nitrogen and oxygen atoms in total. The third-order valence-electron chi connectivity index (χ3n) is 5.06. The molecule has 3 aliphatic rings. The molecular formula is C19H22BrNO7. The van der Waals surface area contributed by atoms with Crippen molar-refractivity contribution in [3.63, 3.8) is 0 Å². The first-order valence-electron chi connectivity index (χ1n) is 8.89. The monoisotopic (exact) mass is 455 g/mol. The van der Waals surface area contributed by atoms with E-state index in [1.165, 1.54) is 6.92 Å². The summed E-state index contributed by atoms with van der Waals surface area (Å²) in [5, 5.41) is 0. The molecular weight excluding hydrogens is 434 g/mol. The van der Waals surface area contributed by atoms with E-state index in [9.17, 15) is 19.2 Å². The van der Waals surface area contributed by atoms with Crippen molar-refractivity contribution in [1.82, 2.24) is 4.90 Å². The quantitative estimate of drug-likeness (QED) is 0.186. The molecule has 0 spiro atoms. The number of carbonyl (C=O) groups excluding carboxylic acids is 4. The van der Waals surface area contributed by atoms with Crippen LogP contribution in [0.3, 0.4) is 0 Å². The van der Waals surface area contributed by atoms with Gasteiger partial charge in [0.2, 0.25) is 11.8 Å². The number of carbonyl (C=O) groups is 4. The molecule has 3 aliphatic heterocycles. The van der Waals surface area contributed by atoms with Gasteiger partial charge in [-0.15, -0.1) is 0 Å². The zero-order valence-corrected chi connectivity index (χ0v) is 17.5. The van der Waals surface area contributed by atoms with Crippen molar-refractivity contribution in [2.24, 2.45) is 11.8 Å². The maximum atomic E-state index is 12.9. The van der Waals surface area contributed by atoms with Crippen molar-refractivity contribution in [2.45, 2.75) is 36.8 Å². The lowest BCUT2D eigenvalue weighted by Crippen LogP contribution is -2.45. The molecule has 2 bridgehead atoms. The highest BCUT2D eigenvalue weighted by molar-refractivity contribution is 9.10. The fourth-order valence-electron chi connectivity index (χ4n) is 3.65. The van der Waals surface area contributed by atoms with Gasteiger partial charge in [-0.2, -0.15) is 0 Å². The van der Waals surface area contributed by atoms with E-state index in [0.717, 1.165) is 4.90 Å². The number of fused-ring (bicyclic) bond motifs is 5. The van der Waals surface area contributed by atoms with Gasteiger partial charge < -0.3 is 14.2 Å². The Hall–Kier alpha value is -2.00. The molecule has 2 fully saturated rings. The molecule has 0 aromatic rings. The molecule has 0 radical (unpaired) electrons. The Balaban J connectivity index is 1.68. The molecule has 3 heterocycles. The number of hydrogen-bond acceptors (Lipinski definition) is 7. The minimum atomic E-state index is -1.16. The number of esters is 2. The molecule has 0 aromatic carbocycles. The zero-order chi connectivity index (χ0) is 20.9. The smallest absolute Gasteiger partial charge is 0.333 e. The molecule has 0 saturated carbocycles. The summed E-state index contributed by atoms with van der Waals surface area (Å²) in [6, 6.07) is 0. The van der Waals surface area contributed by atoms with E-state index in [2.05, 4.69) is 22.5 Å². The van der Waals surface area contributed by atoms with E-state index in [4.69, 9.17) is 14.2 Å². The molecule has 4 unspecified atom stereocenters. The predicted molar refractivity (Wildman–Crippen MR) is 100 cm³/mol. The Morgan fingerprint density at radius 2 is 2.00 bits per heavy atom. The van der Waals surface area contributed by atoms with E-state index >= 15 is 0 Å². The van der Waals surface area contributed by atoms with Crippen LogP contribution in [0.25, 0.3) is 0 Å². The van der Waals surface area contributed by atoms with Crippen LogP contribution in [-0.4, -0.2) is 64.4 Å². The van der Waals surface area contributed by atoms with Gasteiger partial charge >= 0.3 is 11.9 Å². The van der Waals surface area contributed by atoms with E-state index < -0.39 is 45.7 Å². The largest absolute Gasteiger partial charge is 0.463 e. The maximum absolute atomic E-state index is 12.9. The van der Waals surface area contributed by atoms with Crippen molar-refractivity contribution in [2.75, 3.05) is 19.8 Å². The number of halogens is 1. The van der Waals surface area contributed by atoms with Gasteiger partial charge in [0.1, 0.15) is 23.1 Å². The van der Waals surface area contributed by atoms with Crippen LogP contribution in [0.4, 0.5) is 0 Å². The molecule has 0 aromatic heterocycles. The van der Waals surface area contributed by atoms with E-state index in [0.29, 0.717) is 0 Å². The normalized spacial score (nSPS) is 30.6. The van der Waals surface area contributed by atoms with Crippen LogP contribution in [0.1, 0.15) is 20.8 Å². The SMILES string of the molecule is C=C(C)C(=O)OCC12C=CC(O1)C1C(=O)N(CCOC(=O)C(C)(C)Br)C(=O)C12. The molecule has 2 saturated heterocycles. The van der Waals surface area contributed by atoms with Crippen molar-refractivity contribution in [1.29, 1.82) is 0 Å². The van der Waals surface area contributed by atoms with Crippen LogP contribution in [0, 0.1) is 11.8 Å². The lowest BCUT2D eigenvalue weighted by atomic mass is 9.77. The Kier molecular flexibility index (Phi) is 5.26. The van der Waals surface area contributed by atoms with Gasteiger partial charge in [0, 0.05) is 5.57 Å². The third-order valence-corrected chi connectivity index (χ3v) is 5.38. The molecule has 2 amide bonds. The fourth-order valence-corrected chi connectivity index (χ4v) is 3.76. The summed E-state index contributed by atoms with van der Waals surface area (Å²) in [6.45, 7) is 8.02. The van der Waals surface area contributed by atoms with Gasteiger partial charge in [-0.3, -0.25) is 19.3 Å². The van der Waals surface area contributed by atoms with Crippen LogP contribution < -0.4 is 0 Å². The standard InChI is InChI=1S/C19H22BrNO7/c1-10(2)16(24)27-9-19-6-5-11(28-19)12-13(19)15(23)21(14(12)22)7-8-26-17(25)18(3,4)20/h5-6,11-13H,1,7-9H2,2-4H3. The van der Waals surface area contributed by atoms with Crippen molar-refractivity contribution in [3.8, 4) is 0 Å². The van der Waals surface area contributed by atoms with Gasteiger partial charge in [0.15, 0.2) is 0 Å². The van der Waals surface area contributed by atoms with Crippen LogP contribution in [-0.2, 0) is 33.4 Å². The highest BCUT2D eigenvalue weighted by Gasteiger charge is 2.68. The number of alkyl halides is 1. The first-order valence-corrected chi connectivity index (χ1v) is 9.68. The Morgan fingerprint density at radius 1 is 1.32 bits per heavy atom. The highest BCUT2D eigenvalue weighted by atomic mass is 79.9. The predicted octanol–water partition coefficient (Wildman–Crippen LogP) is 1.13. The molecule has 3 rings (SSSR count). The molecule has 152 valence electrons. The Bertz CT molecular complexity index is 784. The summed E-state index contributed by atoms with van der Waals surface area (Å²) in [4.78, 5) is 50.4. The topological polar surface area (TPSA) is 99.2 Å². The second-order valence-corrected chi connectivity index (χ2v) is 9.68. The average Bonchev–Trinajstić information content (AvgIpc) is 3.24. The first kappa shape index (κ1) is 20.7. The molecule has 4 atom stereocenters. The van der Waals surface area contributed by atoms with Crippen molar-refractivity contribution >= 4 is 39.7 Å². The summed E-state index contributed by atoms with van der Waals surface area (Å²) in [7, 11) is 0. The summed E-state index contributed by atoms with van der Waals surface area (Å²) < 4.78 is 15.3. The number of imide groups is 1. The molecule has 28 heavy (non-hydrogen) atoms. The number of rotatable bonds is 7. The van der Waals surface area contributed by atoms with Gasteiger partial charge in [-0.25, -0.2) is 4.79 Å². The van der Waals surface area contributed by atoms with Crippen LogP contribution >= 0.6 is 15.9 Å². The molecule has 0 N–H and O–H groups in total. The summed E-state index contributed by atoms with van der Waals surface area (Å²) in [5.74, 6) is -3.29. The van der Waals surface area contributed by atoms with Crippen LogP contribution in [0.5, 0.6) is 0 Å². The van der Waals surface area contributed by atoms with Gasteiger partial charge in [0.25, 0.3) is 0 Å². The van der Waals surface area contributed by atoms with Crippen molar-refractivity contribution < 1.29 is 33.4 Å². The summed E-state index contributed by atoms with van der Waals surface area (Å²) in [5.41, 5.74) is -0.923. The number of nitrogens with zero attached hydrogens (tertiary/aromatic N) is 1. The Morgan fingerprint density at radius 3 is 2.61 bits per heavy atom. The van der Waals surface area contributed by atoms with Crippen molar-refractivity contribution in [3.05, 3.63) is 24.3 Å². The summed E-state index contributed by atoms with van der Waals surface area (Å²) >= 11 is 3.20. The second-order valence-electron chi connectivity index (χ2n) is 7.69. The summed E-state index contributed by atoms with van der Waals surface area (Å²) in [6.07, 6.45) is 2.86. The highest BCUT2D eigenvalue weighted by Crippen LogP contribution is 2.51. The molecule has 0 aliphatic carbocycles.